The molecule has 2 rings (SSSR count). The summed E-state index contributed by atoms with van der Waals surface area (Å²) in [4.78, 5) is 25.0. The van der Waals surface area contributed by atoms with Crippen LogP contribution in [0, 0.1) is 0 Å². The van der Waals surface area contributed by atoms with E-state index in [0.717, 1.165) is 10.6 Å². The van der Waals surface area contributed by atoms with E-state index in [1.807, 2.05) is 0 Å². The number of hydrogen-bond acceptors (Lipinski definition) is 3. The van der Waals surface area contributed by atoms with Crippen molar-refractivity contribution in [1.29, 1.82) is 0 Å². The lowest BCUT2D eigenvalue weighted by Gasteiger charge is -2.17. The molecular formula is C12H14F3N3O2. The lowest BCUT2D eigenvalue weighted by Crippen LogP contribution is -2.37. The molecule has 0 aromatic carbocycles. The Morgan fingerprint density at radius 1 is 1.45 bits per heavy atom. The summed E-state index contributed by atoms with van der Waals surface area (Å²) < 4.78 is 38.6. The van der Waals surface area contributed by atoms with Gasteiger partial charge in [-0.05, 0) is 18.6 Å². The van der Waals surface area contributed by atoms with Crippen LogP contribution in [0.3, 0.4) is 0 Å². The predicted molar refractivity (Wildman–Crippen MR) is 64.9 cm³/mol. The van der Waals surface area contributed by atoms with Gasteiger partial charge < -0.3 is 15.2 Å². The fraction of sp³-hybridized carbons (Fsp3) is 0.500. The Hall–Kier alpha value is -1.83. The van der Waals surface area contributed by atoms with Gasteiger partial charge >= 0.3 is 6.18 Å². The highest BCUT2D eigenvalue weighted by Gasteiger charge is 2.34. The molecule has 110 valence electrons. The molecule has 2 N–H and O–H groups in total. The maximum atomic E-state index is 12.6. The minimum Gasteiger partial charge on any atom is -0.340 e. The number of amides is 1. The lowest BCUT2D eigenvalue weighted by atomic mass is 10.2. The second-order valence-corrected chi connectivity index (χ2v) is 4.74. The number of hydrogen-bond donors (Lipinski definition) is 1. The first-order chi connectivity index (χ1) is 9.29. The number of aromatic nitrogens is 1. The molecule has 20 heavy (non-hydrogen) atoms. The van der Waals surface area contributed by atoms with E-state index < -0.39 is 29.8 Å². The van der Waals surface area contributed by atoms with Gasteiger partial charge in [0.2, 0.25) is 5.91 Å². The molecule has 1 atom stereocenters. The summed E-state index contributed by atoms with van der Waals surface area (Å²) in [5, 5.41) is 0. The molecule has 1 fully saturated rings. The average Bonchev–Trinajstić information content (AvgIpc) is 2.77. The summed E-state index contributed by atoms with van der Waals surface area (Å²) in [5.74, 6) is -0.403. The van der Waals surface area contributed by atoms with Gasteiger partial charge in [0.15, 0.2) is 0 Å². The fourth-order valence-electron chi connectivity index (χ4n) is 2.14. The number of carbonyl (C=O) groups excluding carboxylic acids is 1. The van der Waals surface area contributed by atoms with Crippen LogP contribution in [-0.4, -0.2) is 34.5 Å². The Labute approximate surface area is 112 Å². The topological polar surface area (TPSA) is 68.3 Å². The summed E-state index contributed by atoms with van der Waals surface area (Å²) >= 11 is 0. The van der Waals surface area contributed by atoms with Gasteiger partial charge in [-0.25, -0.2) is 0 Å². The molecule has 2 heterocycles. The molecule has 0 unspecified atom stereocenters. The van der Waals surface area contributed by atoms with E-state index >= 15 is 0 Å². The molecule has 1 aliphatic heterocycles. The minimum atomic E-state index is -4.72. The second kappa shape index (κ2) is 5.28. The van der Waals surface area contributed by atoms with Crippen molar-refractivity contribution >= 4 is 5.91 Å². The van der Waals surface area contributed by atoms with Crippen molar-refractivity contribution < 1.29 is 18.0 Å². The molecule has 1 saturated heterocycles. The molecule has 1 aromatic rings. The minimum absolute atomic E-state index is 0.114. The summed E-state index contributed by atoms with van der Waals surface area (Å²) in [5.41, 5.74) is 3.17. The summed E-state index contributed by atoms with van der Waals surface area (Å²) in [6.45, 7) is 0.426. The largest absolute Gasteiger partial charge is 0.421 e. The Bertz CT molecular complexity index is 568. The van der Waals surface area contributed by atoms with Crippen molar-refractivity contribution in [2.45, 2.75) is 25.2 Å². The van der Waals surface area contributed by atoms with Crippen LogP contribution in [0.15, 0.2) is 23.1 Å². The van der Waals surface area contributed by atoms with Crippen LogP contribution in [0.4, 0.5) is 13.2 Å². The van der Waals surface area contributed by atoms with Gasteiger partial charge in [0.25, 0.3) is 5.56 Å². The van der Waals surface area contributed by atoms with Gasteiger partial charge in [-0.15, -0.1) is 0 Å². The fourth-order valence-corrected chi connectivity index (χ4v) is 2.14. The van der Waals surface area contributed by atoms with E-state index in [1.165, 1.54) is 11.1 Å². The SMILES string of the molecule is N[C@H]1CCN(C(=O)Cn2cccc(C(F)(F)F)c2=O)C1. The molecule has 1 aromatic heterocycles. The van der Waals surface area contributed by atoms with Gasteiger partial charge in [-0.1, -0.05) is 0 Å². The zero-order valence-electron chi connectivity index (χ0n) is 10.6. The van der Waals surface area contributed by atoms with Crippen molar-refractivity contribution in [3.05, 3.63) is 34.2 Å². The monoisotopic (exact) mass is 289 g/mol. The van der Waals surface area contributed by atoms with Crippen molar-refractivity contribution in [1.82, 2.24) is 9.47 Å². The van der Waals surface area contributed by atoms with Crippen LogP contribution in [0.25, 0.3) is 0 Å². The molecule has 8 heteroatoms. The molecular weight excluding hydrogens is 275 g/mol. The number of rotatable bonds is 2. The zero-order chi connectivity index (χ0) is 14.9. The van der Waals surface area contributed by atoms with Crippen LogP contribution < -0.4 is 11.3 Å². The Morgan fingerprint density at radius 3 is 2.70 bits per heavy atom. The number of nitrogens with two attached hydrogens (primary N) is 1. The summed E-state index contributed by atoms with van der Waals surface area (Å²) in [6.07, 6.45) is -2.89. The molecule has 0 saturated carbocycles. The first kappa shape index (κ1) is 14.6. The molecule has 1 aliphatic rings. The molecule has 0 spiro atoms. The zero-order valence-corrected chi connectivity index (χ0v) is 10.6. The number of pyridine rings is 1. The first-order valence-corrected chi connectivity index (χ1v) is 6.09. The predicted octanol–water partition coefficient (Wildman–Crippen LogP) is 0.427. The van der Waals surface area contributed by atoms with E-state index in [-0.39, 0.29) is 6.04 Å². The third-order valence-corrected chi connectivity index (χ3v) is 3.21. The average molecular weight is 289 g/mol. The van der Waals surface area contributed by atoms with Gasteiger partial charge in [-0.2, -0.15) is 13.2 Å². The number of halogens is 3. The first-order valence-electron chi connectivity index (χ1n) is 6.09. The number of likely N-dealkylation sites (tertiary alicyclic amines) is 1. The standard InChI is InChI=1S/C12H14F3N3O2/c13-12(14,15)9-2-1-4-18(11(9)20)7-10(19)17-5-3-8(16)6-17/h1-2,4,8H,3,5-7,16H2/t8-/m0/s1. The maximum Gasteiger partial charge on any atom is 0.421 e. The van der Waals surface area contributed by atoms with E-state index in [1.54, 1.807) is 0 Å². The third kappa shape index (κ3) is 3.01. The van der Waals surface area contributed by atoms with Gasteiger partial charge in [0, 0.05) is 25.3 Å². The summed E-state index contributed by atoms with van der Waals surface area (Å²) in [7, 11) is 0. The van der Waals surface area contributed by atoms with Gasteiger partial charge in [0.1, 0.15) is 12.1 Å². The van der Waals surface area contributed by atoms with Crippen LogP contribution in [0.5, 0.6) is 0 Å². The quantitative estimate of drug-likeness (QED) is 0.858. The van der Waals surface area contributed by atoms with Crippen molar-refractivity contribution in [3.63, 3.8) is 0 Å². The van der Waals surface area contributed by atoms with Crippen LogP contribution in [0.2, 0.25) is 0 Å². The molecule has 1 amide bonds. The van der Waals surface area contributed by atoms with Crippen molar-refractivity contribution in [3.8, 4) is 0 Å². The number of carbonyl (C=O) groups is 1. The molecule has 0 aliphatic carbocycles. The van der Waals surface area contributed by atoms with E-state index in [9.17, 15) is 22.8 Å². The Balaban J connectivity index is 2.18. The van der Waals surface area contributed by atoms with E-state index in [0.29, 0.717) is 25.6 Å². The van der Waals surface area contributed by atoms with Crippen LogP contribution in [0.1, 0.15) is 12.0 Å². The number of alkyl halides is 3. The Morgan fingerprint density at radius 2 is 2.15 bits per heavy atom. The Kier molecular flexibility index (Phi) is 3.85. The molecule has 0 bridgehead atoms. The van der Waals surface area contributed by atoms with Crippen LogP contribution in [-0.2, 0) is 17.5 Å². The summed E-state index contributed by atoms with van der Waals surface area (Å²) in [6, 6.07) is 1.69. The van der Waals surface area contributed by atoms with Gasteiger partial charge in [0.05, 0.1) is 0 Å². The molecule has 0 radical (unpaired) electrons. The highest BCUT2D eigenvalue weighted by molar-refractivity contribution is 5.76. The second-order valence-electron chi connectivity index (χ2n) is 4.74. The van der Waals surface area contributed by atoms with E-state index in [4.69, 9.17) is 5.73 Å². The normalized spacial score (nSPS) is 19.4. The number of nitrogens with zero attached hydrogens (tertiary/aromatic N) is 2. The van der Waals surface area contributed by atoms with Crippen molar-refractivity contribution in [2.24, 2.45) is 5.73 Å². The molecule has 5 nitrogen and oxygen atoms in total. The van der Waals surface area contributed by atoms with Crippen molar-refractivity contribution in [2.75, 3.05) is 13.1 Å². The van der Waals surface area contributed by atoms with E-state index in [2.05, 4.69) is 0 Å². The van der Waals surface area contributed by atoms with Crippen LogP contribution >= 0.6 is 0 Å². The maximum absolute atomic E-state index is 12.6. The highest BCUT2D eigenvalue weighted by Crippen LogP contribution is 2.25. The smallest absolute Gasteiger partial charge is 0.340 e. The third-order valence-electron chi connectivity index (χ3n) is 3.21. The highest BCUT2D eigenvalue weighted by atomic mass is 19.4. The van der Waals surface area contributed by atoms with Gasteiger partial charge in [-0.3, -0.25) is 9.59 Å². The lowest BCUT2D eigenvalue weighted by molar-refractivity contribution is -0.139.